The first-order chi connectivity index (χ1) is 13.8. The lowest BCUT2D eigenvalue weighted by Gasteiger charge is -2.13. The molecule has 0 saturated heterocycles. The van der Waals surface area contributed by atoms with Crippen LogP contribution in [0.3, 0.4) is 0 Å². The first-order valence-electron chi connectivity index (χ1n) is 8.88. The van der Waals surface area contributed by atoms with E-state index in [1.165, 1.54) is 0 Å². The van der Waals surface area contributed by atoms with Gasteiger partial charge in [-0.25, -0.2) is 4.79 Å². The number of nitrogens with one attached hydrogen (secondary N) is 1. The molecule has 0 saturated carbocycles. The summed E-state index contributed by atoms with van der Waals surface area (Å²) in [4.78, 5) is 36.5. The molecule has 0 radical (unpaired) electrons. The van der Waals surface area contributed by atoms with Crippen LogP contribution in [0.5, 0.6) is 0 Å². The highest BCUT2D eigenvalue weighted by Gasteiger charge is 2.25. The molecule has 0 aromatic heterocycles. The number of nitrogens with two attached hydrogens (primary N) is 1. The van der Waals surface area contributed by atoms with E-state index in [1.807, 2.05) is 19.1 Å². The third-order valence-corrected chi connectivity index (χ3v) is 3.88. The summed E-state index contributed by atoms with van der Waals surface area (Å²) in [6, 6.07) is 15.4. The molecule has 29 heavy (non-hydrogen) atoms. The second kappa shape index (κ2) is 9.89. The molecule has 0 aliphatic rings. The van der Waals surface area contributed by atoms with Crippen LogP contribution in [0.1, 0.15) is 22.8 Å². The Morgan fingerprint density at radius 1 is 1.07 bits per heavy atom. The van der Waals surface area contributed by atoms with Crippen molar-refractivity contribution in [3.8, 4) is 0 Å². The van der Waals surface area contributed by atoms with Crippen molar-refractivity contribution in [2.75, 3.05) is 11.9 Å². The van der Waals surface area contributed by atoms with Crippen molar-refractivity contribution >= 4 is 23.3 Å². The van der Waals surface area contributed by atoms with Crippen LogP contribution in [0, 0.1) is 6.92 Å². The van der Waals surface area contributed by atoms with Gasteiger partial charge in [-0.15, -0.1) is 0 Å². The number of hydrogen-bond donors (Lipinski definition) is 3. The standard InChI is InChI=1S/C22H22N2O5/c1-3-29-22(28)19(21(23)27)20(26)17(24-16-11-9-14(2)10-12-16)13-18(25)15-7-5-4-6-8-15/h4-13,24,26H,3H2,1-2H3,(H2,23,27)/b17-13-,20-19+. The number of carbonyl (C=O) groups excluding carboxylic acids is 3. The quantitative estimate of drug-likeness (QED) is 0.120. The lowest BCUT2D eigenvalue weighted by atomic mass is 10.1. The second-order valence-electron chi connectivity index (χ2n) is 6.09. The van der Waals surface area contributed by atoms with E-state index in [2.05, 4.69) is 5.32 Å². The SMILES string of the molecule is CCOC(=O)/C(C(N)=O)=C(O)\C(=C\C(=O)c1ccccc1)Nc1ccc(C)cc1. The fourth-order valence-electron chi connectivity index (χ4n) is 2.42. The maximum atomic E-state index is 12.6. The molecule has 7 heteroatoms. The summed E-state index contributed by atoms with van der Waals surface area (Å²) in [6.07, 6.45) is 1.09. The second-order valence-corrected chi connectivity index (χ2v) is 6.09. The Kier molecular flexibility index (Phi) is 7.31. The molecule has 0 heterocycles. The van der Waals surface area contributed by atoms with Gasteiger partial charge in [0.1, 0.15) is 0 Å². The summed E-state index contributed by atoms with van der Waals surface area (Å²) in [7, 11) is 0. The normalized spacial score (nSPS) is 12.0. The zero-order valence-corrected chi connectivity index (χ0v) is 16.1. The average molecular weight is 394 g/mol. The van der Waals surface area contributed by atoms with Gasteiger partial charge in [0.2, 0.25) is 0 Å². The van der Waals surface area contributed by atoms with Gasteiger partial charge in [-0.3, -0.25) is 9.59 Å². The molecule has 7 nitrogen and oxygen atoms in total. The largest absolute Gasteiger partial charge is 0.505 e. The Morgan fingerprint density at radius 3 is 2.24 bits per heavy atom. The molecular formula is C22H22N2O5. The molecule has 0 spiro atoms. The van der Waals surface area contributed by atoms with Crippen molar-refractivity contribution in [3.05, 3.63) is 88.8 Å². The first kappa shape index (κ1) is 21.4. The third kappa shape index (κ3) is 5.80. The number of anilines is 1. The van der Waals surface area contributed by atoms with E-state index in [4.69, 9.17) is 10.5 Å². The Labute approximate surface area is 168 Å². The number of benzene rings is 2. The molecule has 0 fully saturated rings. The van der Waals surface area contributed by atoms with Gasteiger partial charge in [-0.05, 0) is 26.0 Å². The lowest BCUT2D eigenvalue weighted by Crippen LogP contribution is -2.26. The van der Waals surface area contributed by atoms with Crippen LogP contribution < -0.4 is 11.1 Å². The number of aliphatic hydroxyl groups is 1. The number of ketones is 1. The minimum absolute atomic E-state index is 0.0176. The number of esters is 1. The van der Waals surface area contributed by atoms with Crippen molar-refractivity contribution in [2.24, 2.45) is 5.73 Å². The summed E-state index contributed by atoms with van der Waals surface area (Å²) in [5, 5.41) is 13.5. The Hall–Kier alpha value is -3.87. The number of aryl methyl sites for hydroxylation is 1. The number of aliphatic hydroxyl groups excluding tert-OH is 1. The molecule has 0 bridgehead atoms. The molecule has 0 aliphatic heterocycles. The summed E-state index contributed by atoms with van der Waals surface area (Å²) in [5.41, 5.74) is 6.25. The van der Waals surface area contributed by atoms with Crippen molar-refractivity contribution in [1.82, 2.24) is 0 Å². The molecular weight excluding hydrogens is 372 g/mol. The van der Waals surface area contributed by atoms with Gasteiger partial charge in [0.05, 0.1) is 12.3 Å². The monoisotopic (exact) mass is 394 g/mol. The van der Waals surface area contributed by atoms with Crippen LogP contribution in [0.4, 0.5) is 5.69 Å². The van der Waals surface area contributed by atoms with Gasteiger partial charge in [0.25, 0.3) is 5.91 Å². The number of ether oxygens (including phenoxy) is 1. The van der Waals surface area contributed by atoms with Crippen LogP contribution in [0.25, 0.3) is 0 Å². The van der Waals surface area contributed by atoms with Gasteiger partial charge in [-0.2, -0.15) is 0 Å². The van der Waals surface area contributed by atoms with E-state index >= 15 is 0 Å². The zero-order chi connectivity index (χ0) is 21.4. The number of allylic oxidation sites excluding steroid dienone is 1. The Bertz CT molecular complexity index is 960. The summed E-state index contributed by atoms with van der Waals surface area (Å²) >= 11 is 0. The zero-order valence-electron chi connectivity index (χ0n) is 16.1. The van der Waals surface area contributed by atoms with Crippen molar-refractivity contribution < 1.29 is 24.2 Å². The summed E-state index contributed by atoms with van der Waals surface area (Å²) in [6.45, 7) is 3.44. The first-order valence-corrected chi connectivity index (χ1v) is 8.88. The highest BCUT2D eigenvalue weighted by Crippen LogP contribution is 2.19. The fraction of sp³-hybridized carbons (Fsp3) is 0.136. The average Bonchev–Trinajstić information content (AvgIpc) is 2.69. The van der Waals surface area contributed by atoms with Gasteiger partial charge < -0.3 is 20.9 Å². The van der Waals surface area contributed by atoms with Gasteiger partial charge >= 0.3 is 5.97 Å². The Morgan fingerprint density at radius 2 is 1.69 bits per heavy atom. The third-order valence-electron chi connectivity index (χ3n) is 3.88. The molecule has 2 aromatic carbocycles. The number of rotatable bonds is 8. The van der Waals surface area contributed by atoms with Crippen molar-refractivity contribution in [3.63, 3.8) is 0 Å². The lowest BCUT2D eigenvalue weighted by molar-refractivity contribution is -0.140. The molecule has 1 amide bonds. The van der Waals surface area contributed by atoms with Crippen LogP contribution in [-0.2, 0) is 14.3 Å². The van der Waals surface area contributed by atoms with Crippen LogP contribution in [0.15, 0.2) is 77.7 Å². The Balaban J connectivity index is 2.55. The van der Waals surface area contributed by atoms with Crippen LogP contribution in [0.2, 0.25) is 0 Å². The highest BCUT2D eigenvalue weighted by molar-refractivity contribution is 6.17. The summed E-state index contributed by atoms with van der Waals surface area (Å²) in [5.74, 6) is -3.48. The molecule has 4 N–H and O–H groups in total. The van der Waals surface area contributed by atoms with Gasteiger partial charge in [0.15, 0.2) is 17.1 Å². The van der Waals surface area contributed by atoms with E-state index in [9.17, 15) is 19.5 Å². The van der Waals surface area contributed by atoms with E-state index in [-0.39, 0.29) is 12.3 Å². The van der Waals surface area contributed by atoms with Crippen LogP contribution >= 0.6 is 0 Å². The van der Waals surface area contributed by atoms with E-state index in [0.29, 0.717) is 11.3 Å². The fourth-order valence-corrected chi connectivity index (χ4v) is 2.42. The van der Waals surface area contributed by atoms with E-state index in [1.54, 1.807) is 49.4 Å². The smallest absolute Gasteiger partial charge is 0.347 e. The van der Waals surface area contributed by atoms with Gasteiger partial charge in [-0.1, -0.05) is 48.0 Å². The molecule has 2 rings (SSSR count). The highest BCUT2D eigenvalue weighted by atomic mass is 16.5. The maximum Gasteiger partial charge on any atom is 0.347 e. The maximum absolute atomic E-state index is 12.6. The predicted octanol–water partition coefficient (Wildman–Crippen LogP) is 3.03. The molecule has 0 aliphatic carbocycles. The topological polar surface area (TPSA) is 119 Å². The minimum atomic E-state index is -1.18. The molecule has 0 unspecified atom stereocenters. The minimum Gasteiger partial charge on any atom is -0.505 e. The van der Waals surface area contributed by atoms with Gasteiger partial charge in [0, 0.05) is 17.3 Å². The molecule has 0 atom stereocenters. The van der Waals surface area contributed by atoms with Crippen LogP contribution in [-0.4, -0.2) is 29.4 Å². The molecule has 2 aromatic rings. The predicted molar refractivity (Wildman–Crippen MR) is 109 cm³/mol. The van der Waals surface area contributed by atoms with E-state index < -0.39 is 29.0 Å². The molecule has 150 valence electrons. The van der Waals surface area contributed by atoms with E-state index in [0.717, 1.165) is 11.6 Å². The number of hydrogen-bond acceptors (Lipinski definition) is 6. The summed E-state index contributed by atoms with van der Waals surface area (Å²) < 4.78 is 4.79. The number of amides is 1. The number of primary amides is 1. The number of carbonyl (C=O) groups is 3. The van der Waals surface area contributed by atoms with Crippen molar-refractivity contribution in [2.45, 2.75) is 13.8 Å². The van der Waals surface area contributed by atoms with Crippen molar-refractivity contribution in [1.29, 1.82) is 0 Å².